The Bertz CT molecular complexity index is 130. The smallest absolute Gasteiger partial charge is 0.0834 e. The fourth-order valence-electron chi connectivity index (χ4n) is 2.05. The summed E-state index contributed by atoms with van der Waals surface area (Å²) in [5.41, 5.74) is 0. The highest BCUT2D eigenvalue weighted by atomic mass is 16.3. The molecule has 77 valence electrons. The lowest BCUT2D eigenvalue weighted by Gasteiger charge is -2.30. The average Bonchev–Trinajstić information content (AvgIpc) is 2.19. The lowest BCUT2D eigenvalue weighted by molar-refractivity contribution is 0.147. The van der Waals surface area contributed by atoms with Crippen LogP contribution in [-0.4, -0.2) is 30.9 Å². The lowest BCUT2D eigenvalue weighted by atomic mass is 9.85. The third-order valence-electron chi connectivity index (χ3n) is 2.87. The van der Waals surface area contributed by atoms with Crippen LogP contribution in [0.3, 0.4) is 0 Å². The molecule has 0 unspecified atom stereocenters. The Labute approximate surface area is 80.2 Å². The molecule has 0 spiro atoms. The van der Waals surface area contributed by atoms with Crippen molar-refractivity contribution in [3.8, 4) is 0 Å². The standard InChI is InChI=1S/C10H20NO2/c12-7-3-6-11-10-5-2-1-4-9(10)8-13/h9-11,13H,1-8H2/t9-,10+/m1/s1. The fraction of sp³-hybridized carbons (Fsp3) is 1.00. The minimum atomic E-state index is 0.00348. The normalized spacial score (nSPS) is 29.1. The molecule has 1 radical (unpaired) electrons. The van der Waals surface area contributed by atoms with E-state index < -0.39 is 0 Å². The van der Waals surface area contributed by atoms with Crippen LogP contribution in [0, 0.1) is 5.92 Å². The van der Waals surface area contributed by atoms with Crippen LogP contribution in [0.4, 0.5) is 0 Å². The van der Waals surface area contributed by atoms with Crippen LogP contribution >= 0.6 is 0 Å². The summed E-state index contributed by atoms with van der Waals surface area (Å²) < 4.78 is 0. The molecule has 3 nitrogen and oxygen atoms in total. The summed E-state index contributed by atoms with van der Waals surface area (Å²) in [7, 11) is 0. The van der Waals surface area contributed by atoms with Gasteiger partial charge in [0.05, 0.1) is 6.61 Å². The monoisotopic (exact) mass is 186 g/mol. The van der Waals surface area contributed by atoms with Gasteiger partial charge in [-0.15, -0.1) is 0 Å². The van der Waals surface area contributed by atoms with E-state index in [1.807, 2.05) is 0 Å². The molecule has 1 saturated carbocycles. The Balaban J connectivity index is 2.19. The van der Waals surface area contributed by atoms with Gasteiger partial charge in [0.25, 0.3) is 0 Å². The molecule has 2 N–H and O–H groups in total. The van der Waals surface area contributed by atoms with E-state index in [-0.39, 0.29) is 13.2 Å². The van der Waals surface area contributed by atoms with Gasteiger partial charge in [-0.2, -0.15) is 0 Å². The fourth-order valence-corrected chi connectivity index (χ4v) is 2.05. The molecule has 1 aliphatic carbocycles. The molecule has 0 aromatic rings. The van der Waals surface area contributed by atoms with E-state index in [9.17, 15) is 5.11 Å². The van der Waals surface area contributed by atoms with E-state index in [2.05, 4.69) is 5.32 Å². The van der Waals surface area contributed by atoms with Gasteiger partial charge in [0.15, 0.2) is 0 Å². The summed E-state index contributed by atoms with van der Waals surface area (Å²) in [5, 5.41) is 22.7. The molecular formula is C10H20NO2. The van der Waals surface area contributed by atoms with Gasteiger partial charge < -0.3 is 10.4 Å². The first kappa shape index (κ1) is 11.0. The van der Waals surface area contributed by atoms with Crippen LogP contribution in [0.1, 0.15) is 32.1 Å². The first-order chi connectivity index (χ1) is 6.38. The van der Waals surface area contributed by atoms with Gasteiger partial charge in [0.2, 0.25) is 0 Å². The maximum atomic E-state index is 10.2. The first-order valence-electron chi connectivity index (χ1n) is 5.31. The minimum Gasteiger partial charge on any atom is -0.396 e. The summed E-state index contributed by atoms with van der Waals surface area (Å²) in [4.78, 5) is 0. The summed E-state index contributed by atoms with van der Waals surface area (Å²) in [6, 6.07) is 0.449. The van der Waals surface area contributed by atoms with Crippen LogP contribution in [0.15, 0.2) is 0 Å². The van der Waals surface area contributed by atoms with Crippen LogP contribution in [0.25, 0.3) is 0 Å². The van der Waals surface area contributed by atoms with Gasteiger partial charge in [-0.25, -0.2) is 5.11 Å². The molecule has 0 saturated heterocycles. The molecule has 0 aromatic heterocycles. The van der Waals surface area contributed by atoms with Crippen molar-refractivity contribution < 1.29 is 10.2 Å². The molecule has 3 heteroatoms. The molecule has 1 rings (SSSR count). The number of hydrogen-bond acceptors (Lipinski definition) is 2. The number of hydrogen-bond donors (Lipinski definition) is 2. The minimum absolute atomic E-state index is 0.00348. The molecule has 0 amide bonds. The number of rotatable bonds is 5. The van der Waals surface area contributed by atoms with E-state index in [1.54, 1.807) is 0 Å². The van der Waals surface area contributed by atoms with Crippen LogP contribution < -0.4 is 5.32 Å². The molecule has 0 aliphatic heterocycles. The second-order valence-corrected chi connectivity index (χ2v) is 3.85. The quantitative estimate of drug-likeness (QED) is 0.628. The van der Waals surface area contributed by atoms with E-state index >= 15 is 0 Å². The maximum absolute atomic E-state index is 10.2. The maximum Gasteiger partial charge on any atom is 0.0834 e. The zero-order valence-electron chi connectivity index (χ0n) is 8.17. The highest BCUT2D eigenvalue weighted by Crippen LogP contribution is 2.23. The molecule has 2 atom stereocenters. The predicted octanol–water partition coefficient (Wildman–Crippen LogP) is 0.948. The van der Waals surface area contributed by atoms with Crippen molar-refractivity contribution in [2.75, 3.05) is 19.8 Å². The molecular weight excluding hydrogens is 166 g/mol. The van der Waals surface area contributed by atoms with E-state index in [0.29, 0.717) is 18.4 Å². The number of aliphatic hydroxyl groups is 1. The van der Waals surface area contributed by atoms with Gasteiger partial charge >= 0.3 is 0 Å². The number of aliphatic hydroxyl groups excluding tert-OH is 1. The van der Waals surface area contributed by atoms with Crippen molar-refractivity contribution >= 4 is 0 Å². The van der Waals surface area contributed by atoms with Crippen molar-refractivity contribution in [2.24, 2.45) is 5.92 Å². The largest absolute Gasteiger partial charge is 0.396 e. The van der Waals surface area contributed by atoms with E-state index in [0.717, 1.165) is 19.4 Å². The lowest BCUT2D eigenvalue weighted by Crippen LogP contribution is -2.40. The highest BCUT2D eigenvalue weighted by Gasteiger charge is 2.23. The summed E-state index contributed by atoms with van der Waals surface area (Å²) >= 11 is 0. The highest BCUT2D eigenvalue weighted by molar-refractivity contribution is 4.80. The van der Waals surface area contributed by atoms with Crippen LogP contribution in [-0.2, 0) is 5.11 Å². The Morgan fingerprint density at radius 3 is 2.77 bits per heavy atom. The third-order valence-corrected chi connectivity index (χ3v) is 2.87. The third kappa shape index (κ3) is 3.63. The van der Waals surface area contributed by atoms with Gasteiger partial charge in [-0.05, 0) is 31.7 Å². The van der Waals surface area contributed by atoms with Gasteiger partial charge in [0.1, 0.15) is 0 Å². The van der Waals surface area contributed by atoms with Crippen molar-refractivity contribution in [1.29, 1.82) is 0 Å². The molecule has 0 aromatic carbocycles. The Morgan fingerprint density at radius 2 is 2.08 bits per heavy atom. The predicted molar refractivity (Wildman–Crippen MR) is 51.0 cm³/mol. The Morgan fingerprint density at radius 1 is 1.31 bits per heavy atom. The summed E-state index contributed by atoms with van der Waals surface area (Å²) in [5.74, 6) is 0.417. The Kier molecular flexibility index (Phi) is 5.35. The average molecular weight is 186 g/mol. The van der Waals surface area contributed by atoms with Crippen molar-refractivity contribution in [3.63, 3.8) is 0 Å². The van der Waals surface area contributed by atoms with E-state index in [1.165, 1.54) is 12.8 Å². The zero-order chi connectivity index (χ0) is 9.52. The molecule has 13 heavy (non-hydrogen) atoms. The summed E-state index contributed by atoms with van der Waals surface area (Å²) in [6.45, 7) is 1.10. The van der Waals surface area contributed by atoms with Gasteiger partial charge in [0, 0.05) is 12.6 Å². The van der Waals surface area contributed by atoms with Gasteiger partial charge in [-0.1, -0.05) is 12.8 Å². The molecule has 0 bridgehead atoms. The topological polar surface area (TPSA) is 52.2 Å². The van der Waals surface area contributed by atoms with Crippen molar-refractivity contribution in [3.05, 3.63) is 0 Å². The first-order valence-corrected chi connectivity index (χ1v) is 5.31. The van der Waals surface area contributed by atoms with E-state index in [4.69, 9.17) is 5.11 Å². The van der Waals surface area contributed by atoms with Crippen LogP contribution in [0.5, 0.6) is 0 Å². The van der Waals surface area contributed by atoms with Gasteiger partial charge in [-0.3, -0.25) is 0 Å². The molecule has 1 aliphatic rings. The summed E-state index contributed by atoms with van der Waals surface area (Å²) in [6.07, 6.45) is 5.49. The SMILES string of the molecule is [O]CCCN[C@H]1CCCC[C@@H]1CO. The van der Waals surface area contributed by atoms with Crippen molar-refractivity contribution in [1.82, 2.24) is 5.32 Å². The molecule has 0 heterocycles. The molecule has 1 fully saturated rings. The Hall–Kier alpha value is -0.120. The van der Waals surface area contributed by atoms with Crippen LogP contribution in [0.2, 0.25) is 0 Å². The number of nitrogens with one attached hydrogen (secondary N) is 1. The zero-order valence-corrected chi connectivity index (χ0v) is 8.17. The second kappa shape index (κ2) is 6.35. The second-order valence-electron chi connectivity index (χ2n) is 3.85. The van der Waals surface area contributed by atoms with Crippen molar-refractivity contribution in [2.45, 2.75) is 38.1 Å².